The summed E-state index contributed by atoms with van der Waals surface area (Å²) in [5.74, 6) is 1.38. The van der Waals surface area contributed by atoms with Crippen LogP contribution in [0.5, 0.6) is 0 Å². The van der Waals surface area contributed by atoms with Crippen molar-refractivity contribution in [3.05, 3.63) is 30.5 Å². The zero-order valence-corrected chi connectivity index (χ0v) is 10.9. The zero-order chi connectivity index (χ0) is 13.1. The number of benzene rings is 1. The van der Waals surface area contributed by atoms with E-state index in [1.165, 1.54) is 6.42 Å². The van der Waals surface area contributed by atoms with E-state index in [0.29, 0.717) is 5.92 Å². The second-order valence-corrected chi connectivity index (χ2v) is 5.35. The molecule has 2 N–H and O–H groups in total. The molecule has 3 rings (SSSR count). The number of anilines is 1. The highest BCUT2D eigenvalue weighted by molar-refractivity contribution is 5.90. The summed E-state index contributed by atoms with van der Waals surface area (Å²) < 4.78 is 0. The molecule has 4 heteroatoms. The van der Waals surface area contributed by atoms with Crippen LogP contribution in [-0.4, -0.2) is 28.0 Å². The van der Waals surface area contributed by atoms with Crippen LogP contribution in [0.1, 0.15) is 25.7 Å². The lowest BCUT2D eigenvalue weighted by Gasteiger charge is -2.26. The van der Waals surface area contributed by atoms with Crippen LogP contribution < -0.4 is 5.32 Å². The summed E-state index contributed by atoms with van der Waals surface area (Å²) in [5, 5.41) is 23.5. The maximum atomic E-state index is 9.69. The minimum Gasteiger partial charge on any atom is -0.393 e. The summed E-state index contributed by atoms with van der Waals surface area (Å²) in [7, 11) is 0. The van der Waals surface area contributed by atoms with E-state index in [1.807, 2.05) is 18.2 Å². The maximum Gasteiger partial charge on any atom is 0.156 e. The van der Waals surface area contributed by atoms with Crippen LogP contribution in [0, 0.1) is 5.92 Å². The Kier molecular flexibility index (Phi) is 3.60. The standard InChI is InChI=1S/C15H19N3O/c19-13-6-3-4-11(8-13)9-16-15-14-7-2-1-5-12(14)10-17-18-15/h1-2,5,7,10-11,13,19H,3-4,6,8-9H2,(H,16,18). The van der Waals surface area contributed by atoms with E-state index >= 15 is 0 Å². The van der Waals surface area contributed by atoms with Crippen molar-refractivity contribution < 1.29 is 5.11 Å². The van der Waals surface area contributed by atoms with Crippen molar-refractivity contribution in [1.82, 2.24) is 10.2 Å². The van der Waals surface area contributed by atoms with Gasteiger partial charge in [0.1, 0.15) is 0 Å². The van der Waals surface area contributed by atoms with Crippen molar-refractivity contribution in [1.29, 1.82) is 0 Å². The van der Waals surface area contributed by atoms with E-state index in [2.05, 4.69) is 21.6 Å². The molecule has 1 saturated carbocycles. The molecule has 1 heterocycles. The average Bonchev–Trinajstić information content (AvgIpc) is 2.45. The third kappa shape index (κ3) is 2.84. The predicted octanol–water partition coefficient (Wildman–Crippen LogP) is 2.59. The molecule has 0 aliphatic heterocycles. The van der Waals surface area contributed by atoms with Crippen molar-refractivity contribution in [2.24, 2.45) is 5.92 Å². The Morgan fingerprint density at radius 2 is 2.16 bits per heavy atom. The molecule has 1 aliphatic rings. The fraction of sp³-hybridized carbons (Fsp3) is 0.467. The van der Waals surface area contributed by atoms with Crippen molar-refractivity contribution in [3.8, 4) is 0 Å². The molecule has 1 fully saturated rings. The number of aliphatic hydroxyl groups is 1. The van der Waals surface area contributed by atoms with E-state index in [-0.39, 0.29) is 6.10 Å². The molecule has 2 aromatic rings. The molecular weight excluding hydrogens is 238 g/mol. The predicted molar refractivity (Wildman–Crippen MR) is 76.0 cm³/mol. The summed E-state index contributed by atoms with van der Waals surface area (Å²) in [6, 6.07) is 8.12. The fourth-order valence-corrected chi connectivity index (χ4v) is 2.85. The van der Waals surface area contributed by atoms with E-state index in [0.717, 1.165) is 42.4 Å². The second-order valence-electron chi connectivity index (χ2n) is 5.35. The van der Waals surface area contributed by atoms with E-state index in [9.17, 15) is 5.11 Å². The maximum absolute atomic E-state index is 9.69. The number of aliphatic hydroxyl groups excluding tert-OH is 1. The number of nitrogens with one attached hydrogen (secondary N) is 1. The Balaban J connectivity index is 1.71. The first kappa shape index (κ1) is 12.4. The molecule has 1 aromatic carbocycles. The zero-order valence-electron chi connectivity index (χ0n) is 10.9. The van der Waals surface area contributed by atoms with Gasteiger partial charge in [-0.25, -0.2) is 0 Å². The summed E-state index contributed by atoms with van der Waals surface area (Å²) >= 11 is 0. The lowest BCUT2D eigenvalue weighted by molar-refractivity contribution is 0.104. The minimum atomic E-state index is -0.126. The molecule has 19 heavy (non-hydrogen) atoms. The topological polar surface area (TPSA) is 58.0 Å². The summed E-state index contributed by atoms with van der Waals surface area (Å²) in [6.07, 6.45) is 5.80. The molecule has 0 spiro atoms. The van der Waals surface area contributed by atoms with Crippen LogP contribution >= 0.6 is 0 Å². The molecule has 2 atom stereocenters. The molecular formula is C15H19N3O. The van der Waals surface area contributed by atoms with Gasteiger partial charge in [-0.15, -0.1) is 5.10 Å². The molecule has 2 unspecified atom stereocenters. The van der Waals surface area contributed by atoms with Gasteiger partial charge in [0.05, 0.1) is 12.3 Å². The smallest absolute Gasteiger partial charge is 0.156 e. The Labute approximate surface area is 112 Å². The summed E-state index contributed by atoms with van der Waals surface area (Å²) in [6.45, 7) is 0.861. The second kappa shape index (κ2) is 5.53. The van der Waals surface area contributed by atoms with E-state index in [1.54, 1.807) is 6.20 Å². The normalized spacial score (nSPS) is 23.4. The third-order valence-corrected chi connectivity index (χ3v) is 3.88. The van der Waals surface area contributed by atoms with Crippen LogP contribution in [0.3, 0.4) is 0 Å². The highest BCUT2D eigenvalue weighted by atomic mass is 16.3. The molecule has 0 amide bonds. The van der Waals surface area contributed by atoms with Gasteiger partial charge in [0.15, 0.2) is 5.82 Å². The molecule has 0 radical (unpaired) electrons. The Bertz CT molecular complexity index is 553. The van der Waals surface area contributed by atoms with Crippen LogP contribution in [0.2, 0.25) is 0 Å². The van der Waals surface area contributed by atoms with Gasteiger partial charge in [0.2, 0.25) is 0 Å². The molecule has 1 aliphatic carbocycles. The van der Waals surface area contributed by atoms with Gasteiger partial charge in [-0.1, -0.05) is 30.7 Å². The largest absolute Gasteiger partial charge is 0.393 e. The van der Waals surface area contributed by atoms with Gasteiger partial charge in [-0.2, -0.15) is 5.10 Å². The highest BCUT2D eigenvalue weighted by Crippen LogP contribution is 2.25. The summed E-state index contributed by atoms with van der Waals surface area (Å²) in [4.78, 5) is 0. The highest BCUT2D eigenvalue weighted by Gasteiger charge is 2.20. The number of fused-ring (bicyclic) bond motifs is 1. The van der Waals surface area contributed by atoms with Gasteiger partial charge in [-0.3, -0.25) is 0 Å². The van der Waals surface area contributed by atoms with Crippen molar-refractivity contribution >= 4 is 16.6 Å². The Hall–Kier alpha value is -1.68. The number of hydrogen-bond donors (Lipinski definition) is 2. The van der Waals surface area contributed by atoms with E-state index < -0.39 is 0 Å². The first-order valence-corrected chi connectivity index (χ1v) is 6.95. The fourth-order valence-electron chi connectivity index (χ4n) is 2.85. The first-order valence-electron chi connectivity index (χ1n) is 6.95. The van der Waals surface area contributed by atoms with Crippen LogP contribution in [0.15, 0.2) is 30.5 Å². The number of aromatic nitrogens is 2. The number of nitrogens with zero attached hydrogens (tertiary/aromatic N) is 2. The monoisotopic (exact) mass is 257 g/mol. The third-order valence-electron chi connectivity index (χ3n) is 3.88. The van der Waals surface area contributed by atoms with E-state index in [4.69, 9.17) is 0 Å². The average molecular weight is 257 g/mol. The quantitative estimate of drug-likeness (QED) is 0.887. The van der Waals surface area contributed by atoms with Crippen molar-refractivity contribution in [2.75, 3.05) is 11.9 Å². The van der Waals surface area contributed by atoms with Crippen molar-refractivity contribution in [2.45, 2.75) is 31.8 Å². The Morgan fingerprint density at radius 1 is 1.26 bits per heavy atom. The Morgan fingerprint density at radius 3 is 3.05 bits per heavy atom. The summed E-state index contributed by atoms with van der Waals surface area (Å²) in [5.41, 5.74) is 0. The van der Waals surface area contributed by atoms with Gasteiger partial charge >= 0.3 is 0 Å². The molecule has 1 aromatic heterocycles. The van der Waals surface area contributed by atoms with Gasteiger partial charge in [0.25, 0.3) is 0 Å². The van der Waals surface area contributed by atoms with Crippen molar-refractivity contribution in [3.63, 3.8) is 0 Å². The molecule has 0 saturated heterocycles. The van der Waals surface area contributed by atoms with Gasteiger partial charge in [-0.05, 0) is 25.2 Å². The van der Waals surface area contributed by atoms with Crippen LogP contribution in [-0.2, 0) is 0 Å². The van der Waals surface area contributed by atoms with Crippen LogP contribution in [0.4, 0.5) is 5.82 Å². The number of rotatable bonds is 3. The molecule has 100 valence electrons. The molecule has 0 bridgehead atoms. The minimum absolute atomic E-state index is 0.126. The lowest BCUT2D eigenvalue weighted by Crippen LogP contribution is -2.25. The first-order chi connectivity index (χ1) is 9.33. The SMILES string of the molecule is OC1CCCC(CNc2nncc3ccccc23)C1. The lowest BCUT2D eigenvalue weighted by atomic mass is 9.87. The van der Waals surface area contributed by atoms with Crippen LogP contribution in [0.25, 0.3) is 10.8 Å². The molecule has 4 nitrogen and oxygen atoms in total. The van der Waals surface area contributed by atoms with Gasteiger partial charge < -0.3 is 10.4 Å². The van der Waals surface area contributed by atoms with Gasteiger partial charge in [0, 0.05) is 17.3 Å². The number of hydrogen-bond acceptors (Lipinski definition) is 4.